The largest absolute Gasteiger partial charge is 0.310 e. The van der Waals surface area contributed by atoms with E-state index in [0.717, 1.165) is 23.4 Å². The van der Waals surface area contributed by atoms with Crippen LogP contribution in [0.15, 0.2) is 34.4 Å². The van der Waals surface area contributed by atoms with Gasteiger partial charge in [-0.25, -0.2) is 4.98 Å². The van der Waals surface area contributed by atoms with E-state index in [0.29, 0.717) is 29.8 Å². The summed E-state index contributed by atoms with van der Waals surface area (Å²) in [6, 6.07) is 7.16. The minimum atomic E-state index is -0.256. The van der Waals surface area contributed by atoms with Crippen LogP contribution >= 0.6 is 11.3 Å². The van der Waals surface area contributed by atoms with Gasteiger partial charge in [0, 0.05) is 24.2 Å². The lowest BCUT2D eigenvalue weighted by molar-refractivity contribution is -0.117. The number of aromatic amines is 1. The van der Waals surface area contributed by atoms with Crippen molar-refractivity contribution in [3.05, 3.63) is 45.7 Å². The van der Waals surface area contributed by atoms with Crippen molar-refractivity contribution in [1.82, 2.24) is 19.7 Å². The zero-order chi connectivity index (χ0) is 18.8. The van der Waals surface area contributed by atoms with Gasteiger partial charge in [-0.1, -0.05) is 18.9 Å². The summed E-state index contributed by atoms with van der Waals surface area (Å²) in [5.74, 6) is 1.22. The van der Waals surface area contributed by atoms with Gasteiger partial charge in [0.1, 0.15) is 11.5 Å². The number of hydrogen-bond donors (Lipinski definition) is 2. The molecular weight excluding hydrogens is 362 g/mol. The molecule has 0 bridgehead atoms. The molecule has 0 unspecified atom stereocenters. The fourth-order valence-electron chi connectivity index (χ4n) is 3.51. The Kier molecular flexibility index (Phi) is 4.89. The molecule has 8 heteroatoms. The van der Waals surface area contributed by atoms with E-state index < -0.39 is 0 Å². The van der Waals surface area contributed by atoms with Gasteiger partial charge in [-0.15, -0.1) is 11.3 Å². The van der Waals surface area contributed by atoms with Crippen LogP contribution in [-0.2, 0) is 4.79 Å². The number of nitrogens with zero attached hydrogens (tertiary/aromatic N) is 3. The fraction of sp³-hybridized carbons (Fsp3) is 0.368. The predicted molar refractivity (Wildman–Crippen MR) is 105 cm³/mol. The first kappa shape index (κ1) is 17.7. The van der Waals surface area contributed by atoms with Crippen LogP contribution in [0.2, 0.25) is 0 Å². The maximum atomic E-state index is 12.5. The zero-order valence-corrected chi connectivity index (χ0v) is 15.9. The van der Waals surface area contributed by atoms with E-state index in [9.17, 15) is 9.59 Å². The highest BCUT2D eigenvalue weighted by molar-refractivity contribution is 7.13. The van der Waals surface area contributed by atoms with E-state index in [2.05, 4.69) is 20.4 Å². The van der Waals surface area contributed by atoms with Gasteiger partial charge in [-0.2, -0.15) is 9.78 Å². The second-order valence-electron chi connectivity index (χ2n) is 6.92. The SMILES string of the molecule is Cc1cc(=O)[nH]c(-n2nc(-c3cccs3)cc2NC(=O)CC2CCCC2)n1. The number of hydrogen-bond acceptors (Lipinski definition) is 5. The highest BCUT2D eigenvalue weighted by atomic mass is 32.1. The number of aryl methyl sites for hydroxylation is 1. The number of rotatable bonds is 5. The summed E-state index contributed by atoms with van der Waals surface area (Å²) < 4.78 is 1.50. The van der Waals surface area contributed by atoms with Gasteiger partial charge >= 0.3 is 0 Å². The average molecular weight is 383 g/mol. The number of H-pyrrole nitrogens is 1. The highest BCUT2D eigenvalue weighted by Crippen LogP contribution is 2.29. The van der Waals surface area contributed by atoms with E-state index in [-0.39, 0.29) is 11.5 Å². The minimum Gasteiger partial charge on any atom is -0.310 e. The Balaban J connectivity index is 1.67. The molecule has 3 aromatic rings. The molecule has 0 radical (unpaired) electrons. The van der Waals surface area contributed by atoms with Crippen LogP contribution < -0.4 is 10.9 Å². The first-order valence-electron chi connectivity index (χ1n) is 9.10. The van der Waals surface area contributed by atoms with Crippen LogP contribution in [0.25, 0.3) is 16.5 Å². The maximum Gasteiger partial charge on any atom is 0.252 e. The molecule has 3 aromatic heterocycles. The van der Waals surface area contributed by atoms with Crippen LogP contribution in [0.4, 0.5) is 5.82 Å². The molecule has 1 saturated carbocycles. The Morgan fingerprint density at radius 1 is 1.37 bits per heavy atom. The van der Waals surface area contributed by atoms with Crippen molar-refractivity contribution in [2.75, 3.05) is 5.32 Å². The number of carbonyl (C=O) groups is 1. The summed E-state index contributed by atoms with van der Waals surface area (Å²) in [5.41, 5.74) is 1.06. The van der Waals surface area contributed by atoms with Gasteiger partial charge in [0.2, 0.25) is 11.9 Å². The highest BCUT2D eigenvalue weighted by Gasteiger charge is 2.21. The zero-order valence-electron chi connectivity index (χ0n) is 15.1. The normalized spacial score (nSPS) is 14.6. The summed E-state index contributed by atoms with van der Waals surface area (Å²) in [7, 11) is 0. The molecule has 1 fully saturated rings. The topological polar surface area (TPSA) is 92.7 Å². The lowest BCUT2D eigenvalue weighted by Gasteiger charge is -2.11. The third kappa shape index (κ3) is 4.00. The van der Waals surface area contributed by atoms with Crippen molar-refractivity contribution in [1.29, 1.82) is 0 Å². The molecule has 1 aliphatic rings. The molecule has 0 spiro atoms. The van der Waals surface area contributed by atoms with Gasteiger partial charge in [-0.3, -0.25) is 14.6 Å². The fourth-order valence-corrected chi connectivity index (χ4v) is 4.19. The Bertz CT molecular complexity index is 1000. The summed E-state index contributed by atoms with van der Waals surface area (Å²) in [6.45, 7) is 1.75. The molecule has 2 N–H and O–H groups in total. The van der Waals surface area contributed by atoms with Gasteiger partial charge < -0.3 is 5.32 Å². The number of anilines is 1. The van der Waals surface area contributed by atoms with Crippen LogP contribution in [0.5, 0.6) is 0 Å². The third-order valence-corrected chi connectivity index (χ3v) is 5.65. The number of carbonyl (C=O) groups excluding carboxylic acids is 1. The van der Waals surface area contributed by atoms with E-state index >= 15 is 0 Å². The molecule has 27 heavy (non-hydrogen) atoms. The van der Waals surface area contributed by atoms with Crippen LogP contribution in [0.1, 0.15) is 37.8 Å². The first-order valence-corrected chi connectivity index (χ1v) is 9.98. The lowest BCUT2D eigenvalue weighted by atomic mass is 10.0. The molecular formula is C19H21N5O2S. The Morgan fingerprint density at radius 2 is 2.19 bits per heavy atom. The smallest absolute Gasteiger partial charge is 0.252 e. The Morgan fingerprint density at radius 3 is 2.89 bits per heavy atom. The van der Waals surface area contributed by atoms with Crippen molar-refractivity contribution in [2.24, 2.45) is 5.92 Å². The van der Waals surface area contributed by atoms with Crippen molar-refractivity contribution in [2.45, 2.75) is 39.0 Å². The second kappa shape index (κ2) is 7.48. The molecule has 4 rings (SSSR count). The van der Waals surface area contributed by atoms with Crippen LogP contribution in [0, 0.1) is 12.8 Å². The maximum absolute atomic E-state index is 12.5. The lowest BCUT2D eigenvalue weighted by Crippen LogP contribution is -2.20. The average Bonchev–Trinajstić information content (AvgIpc) is 3.35. The summed E-state index contributed by atoms with van der Waals surface area (Å²) in [6.07, 6.45) is 5.14. The summed E-state index contributed by atoms with van der Waals surface area (Å²) in [4.78, 5) is 32.4. The molecule has 0 atom stereocenters. The molecule has 1 aliphatic carbocycles. The Hall–Kier alpha value is -2.74. The van der Waals surface area contributed by atoms with E-state index in [1.807, 2.05) is 23.6 Å². The molecule has 0 aliphatic heterocycles. The summed E-state index contributed by atoms with van der Waals surface area (Å²) in [5, 5.41) is 9.50. The van der Waals surface area contributed by atoms with E-state index in [1.165, 1.54) is 23.6 Å². The van der Waals surface area contributed by atoms with Crippen molar-refractivity contribution in [3.63, 3.8) is 0 Å². The quantitative estimate of drug-likeness (QED) is 0.705. The molecule has 3 heterocycles. The predicted octanol–water partition coefficient (Wildman–Crippen LogP) is 3.51. The van der Waals surface area contributed by atoms with Gasteiger partial charge in [0.25, 0.3) is 5.56 Å². The monoisotopic (exact) mass is 383 g/mol. The van der Waals surface area contributed by atoms with Gasteiger partial charge in [0.05, 0.1) is 4.88 Å². The molecule has 0 saturated heterocycles. The van der Waals surface area contributed by atoms with Crippen LogP contribution in [-0.4, -0.2) is 25.7 Å². The number of aromatic nitrogens is 4. The standard InChI is InChI=1S/C19H21N5O2S/c1-12-9-17(25)22-19(20-12)24-16(11-14(23-24)15-7-4-8-27-15)21-18(26)10-13-5-2-3-6-13/h4,7-9,11,13H,2-3,5-6,10H2,1H3,(H,21,26)(H,20,22,25). The number of thiophene rings is 1. The van der Waals surface area contributed by atoms with E-state index in [1.54, 1.807) is 18.3 Å². The Labute approximate surface area is 160 Å². The number of amides is 1. The van der Waals surface area contributed by atoms with Crippen molar-refractivity contribution in [3.8, 4) is 16.5 Å². The minimum absolute atomic E-state index is 0.0317. The summed E-state index contributed by atoms with van der Waals surface area (Å²) >= 11 is 1.56. The molecule has 1 amide bonds. The van der Waals surface area contributed by atoms with Gasteiger partial charge in [0.15, 0.2) is 0 Å². The molecule has 0 aromatic carbocycles. The second-order valence-corrected chi connectivity index (χ2v) is 7.86. The third-order valence-electron chi connectivity index (χ3n) is 4.76. The van der Waals surface area contributed by atoms with Gasteiger partial charge in [-0.05, 0) is 37.1 Å². The molecule has 7 nitrogen and oxygen atoms in total. The van der Waals surface area contributed by atoms with Crippen molar-refractivity contribution >= 4 is 23.1 Å². The first-order chi connectivity index (χ1) is 13.1. The van der Waals surface area contributed by atoms with E-state index in [4.69, 9.17) is 0 Å². The van der Waals surface area contributed by atoms with Crippen LogP contribution in [0.3, 0.4) is 0 Å². The number of nitrogens with one attached hydrogen (secondary N) is 2. The van der Waals surface area contributed by atoms with Crippen molar-refractivity contribution < 1.29 is 4.79 Å². The molecule has 140 valence electrons.